The Bertz CT molecular complexity index is 481. The molecule has 0 aromatic heterocycles. The summed E-state index contributed by atoms with van der Waals surface area (Å²) >= 11 is 3.52. The molecule has 1 heterocycles. The van der Waals surface area contributed by atoms with Crippen molar-refractivity contribution in [3.63, 3.8) is 0 Å². The summed E-state index contributed by atoms with van der Waals surface area (Å²) in [6.07, 6.45) is -0.0894. The van der Waals surface area contributed by atoms with Crippen LogP contribution in [-0.2, 0) is 4.74 Å². The second kappa shape index (κ2) is 5.90. The zero-order valence-electron chi connectivity index (χ0n) is 10.8. The van der Waals surface area contributed by atoms with E-state index in [2.05, 4.69) is 20.8 Å². The minimum atomic E-state index is -0.164. The average molecular weight is 328 g/mol. The maximum Gasteiger partial charge on any atom is 0.122 e. The number of hydrogen-bond acceptors (Lipinski definition) is 4. The van der Waals surface area contributed by atoms with Crippen LogP contribution in [0, 0.1) is 5.41 Å². The third kappa shape index (κ3) is 3.26. The molecular formula is C13H18BrN3O2. The number of nitrogen functional groups attached to an aromatic ring is 1. The van der Waals surface area contributed by atoms with Crippen LogP contribution in [0.4, 0.5) is 5.69 Å². The number of amidine groups is 1. The molecule has 5 nitrogen and oxygen atoms in total. The molecule has 2 rings (SSSR count). The first kappa shape index (κ1) is 14.3. The van der Waals surface area contributed by atoms with E-state index in [-0.39, 0.29) is 24.7 Å². The van der Waals surface area contributed by atoms with Crippen molar-refractivity contribution < 1.29 is 9.84 Å². The SMILES string of the molecule is CC1CN(c2ccc(C(=N)N)cc2Br)CC(CO)O1. The van der Waals surface area contributed by atoms with Crippen LogP contribution in [0.3, 0.4) is 0 Å². The molecule has 0 radical (unpaired) electrons. The van der Waals surface area contributed by atoms with Crippen molar-refractivity contribution in [2.24, 2.45) is 5.73 Å². The molecule has 0 saturated carbocycles. The second-order valence-electron chi connectivity index (χ2n) is 4.74. The molecule has 1 fully saturated rings. The number of nitrogens with zero attached hydrogens (tertiary/aromatic N) is 1. The fraction of sp³-hybridized carbons (Fsp3) is 0.462. The van der Waals surface area contributed by atoms with Gasteiger partial charge in [0.2, 0.25) is 0 Å². The van der Waals surface area contributed by atoms with Gasteiger partial charge in [0.15, 0.2) is 0 Å². The Labute approximate surface area is 121 Å². The molecule has 19 heavy (non-hydrogen) atoms. The normalized spacial score (nSPS) is 23.4. The predicted molar refractivity (Wildman–Crippen MR) is 78.8 cm³/mol. The van der Waals surface area contributed by atoms with Gasteiger partial charge < -0.3 is 20.5 Å². The van der Waals surface area contributed by atoms with Gasteiger partial charge in [-0.3, -0.25) is 5.41 Å². The number of hydrogen-bond donors (Lipinski definition) is 3. The molecule has 1 aliphatic rings. The standard InChI is InChI=1S/C13H18BrN3O2/c1-8-5-17(6-10(7-18)19-8)12-3-2-9(13(15)16)4-11(12)14/h2-4,8,10,18H,5-7H2,1H3,(H3,15,16). The van der Waals surface area contributed by atoms with E-state index in [1.807, 2.05) is 25.1 Å². The number of ether oxygens (including phenoxy) is 1. The Morgan fingerprint density at radius 3 is 2.89 bits per heavy atom. The largest absolute Gasteiger partial charge is 0.394 e. The molecule has 1 saturated heterocycles. The van der Waals surface area contributed by atoms with E-state index in [1.165, 1.54) is 0 Å². The maximum atomic E-state index is 9.25. The van der Waals surface area contributed by atoms with E-state index in [4.69, 9.17) is 15.9 Å². The van der Waals surface area contributed by atoms with Crippen molar-refractivity contribution in [3.8, 4) is 0 Å². The Morgan fingerprint density at radius 2 is 2.32 bits per heavy atom. The molecular weight excluding hydrogens is 310 g/mol. The highest BCUT2D eigenvalue weighted by molar-refractivity contribution is 9.10. The van der Waals surface area contributed by atoms with Crippen molar-refractivity contribution >= 4 is 27.5 Å². The summed E-state index contributed by atoms with van der Waals surface area (Å²) < 4.78 is 6.52. The number of nitrogens with two attached hydrogens (primary N) is 1. The van der Waals surface area contributed by atoms with Gasteiger partial charge in [0.1, 0.15) is 5.84 Å². The predicted octanol–water partition coefficient (Wildman–Crippen LogP) is 1.32. The van der Waals surface area contributed by atoms with Crippen LogP contribution < -0.4 is 10.6 Å². The van der Waals surface area contributed by atoms with E-state index in [0.717, 1.165) is 16.7 Å². The van der Waals surface area contributed by atoms with Gasteiger partial charge >= 0.3 is 0 Å². The lowest BCUT2D eigenvalue weighted by molar-refractivity contribution is -0.0421. The smallest absolute Gasteiger partial charge is 0.122 e. The molecule has 1 aliphatic heterocycles. The summed E-state index contributed by atoms with van der Waals surface area (Å²) in [5, 5.41) is 16.7. The molecule has 2 atom stereocenters. The fourth-order valence-electron chi connectivity index (χ4n) is 2.27. The number of benzene rings is 1. The zero-order chi connectivity index (χ0) is 14.0. The minimum absolute atomic E-state index is 0.0178. The van der Waals surface area contributed by atoms with Gasteiger partial charge in [-0.2, -0.15) is 0 Å². The van der Waals surface area contributed by atoms with E-state index < -0.39 is 0 Å². The summed E-state index contributed by atoms with van der Waals surface area (Å²) in [7, 11) is 0. The van der Waals surface area contributed by atoms with E-state index >= 15 is 0 Å². The minimum Gasteiger partial charge on any atom is -0.394 e. The first-order valence-corrected chi connectivity index (χ1v) is 6.95. The van der Waals surface area contributed by atoms with Crippen LogP contribution in [0.1, 0.15) is 12.5 Å². The molecule has 0 amide bonds. The lowest BCUT2D eigenvalue weighted by Crippen LogP contribution is -2.48. The van der Waals surface area contributed by atoms with Crippen molar-refractivity contribution in [3.05, 3.63) is 28.2 Å². The topological polar surface area (TPSA) is 82.6 Å². The van der Waals surface area contributed by atoms with Crippen LogP contribution in [0.25, 0.3) is 0 Å². The Morgan fingerprint density at radius 1 is 1.58 bits per heavy atom. The first-order valence-electron chi connectivity index (χ1n) is 6.16. The van der Waals surface area contributed by atoms with Crippen LogP contribution in [-0.4, -0.2) is 42.8 Å². The van der Waals surface area contributed by atoms with Crippen LogP contribution in [0.5, 0.6) is 0 Å². The van der Waals surface area contributed by atoms with Crippen LogP contribution in [0.15, 0.2) is 22.7 Å². The highest BCUT2D eigenvalue weighted by Gasteiger charge is 2.26. The average Bonchev–Trinajstić information content (AvgIpc) is 2.37. The van der Waals surface area contributed by atoms with Gasteiger partial charge in [-0.1, -0.05) is 0 Å². The van der Waals surface area contributed by atoms with Gasteiger partial charge in [0.25, 0.3) is 0 Å². The number of morpholine rings is 1. The van der Waals surface area contributed by atoms with Gasteiger partial charge in [-0.15, -0.1) is 0 Å². The molecule has 0 bridgehead atoms. The van der Waals surface area contributed by atoms with Gasteiger partial charge in [-0.25, -0.2) is 0 Å². The summed E-state index contributed by atoms with van der Waals surface area (Å²) in [5.74, 6) is 0.0517. The zero-order valence-corrected chi connectivity index (χ0v) is 12.4. The molecule has 0 spiro atoms. The Balaban J connectivity index is 2.23. The first-order chi connectivity index (χ1) is 9.01. The number of nitrogens with one attached hydrogen (secondary N) is 1. The summed E-state index contributed by atoms with van der Waals surface area (Å²) in [4.78, 5) is 2.17. The van der Waals surface area contributed by atoms with Crippen LogP contribution >= 0.6 is 15.9 Å². The van der Waals surface area contributed by atoms with Crippen molar-refractivity contribution in [1.29, 1.82) is 5.41 Å². The van der Waals surface area contributed by atoms with E-state index in [1.54, 1.807) is 0 Å². The Hall–Kier alpha value is -1.11. The molecule has 1 aromatic rings. The van der Waals surface area contributed by atoms with Gasteiger partial charge in [-0.05, 0) is 41.1 Å². The Kier molecular flexibility index (Phi) is 4.44. The lowest BCUT2D eigenvalue weighted by Gasteiger charge is -2.38. The third-order valence-corrected chi connectivity index (χ3v) is 3.76. The molecule has 0 aliphatic carbocycles. The fourth-order valence-corrected chi connectivity index (χ4v) is 2.90. The molecule has 4 N–H and O–H groups in total. The summed E-state index contributed by atoms with van der Waals surface area (Å²) in [6.45, 7) is 3.43. The maximum absolute atomic E-state index is 9.25. The second-order valence-corrected chi connectivity index (χ2v) is 5.59. The van der Waals surface area contributed by atoms with Gasteiger partial charge in [0, 0.05) is 23.1 Å². The summed E-state index contributed by atoms with van der Waals surface area (Å²) in [5.41, 5.74) is 7.19. The number of rotatable bonds is 3. The number of anilines is 1. The van der Waals surface area contributed by atoms with Crippen LogP contribution in [0.2, 0.25) is 0 Å². The molecule has 1 aromatic carbocycles. The van der Waals surface area contributed by atoms with E-state index in [9.17, 15) is 5.11 Å². The number of halogens is 1. The highest BCUT2D eigenvalue weighted by Crippen LogP contribution is 2.29. The van der Waals surface area contributed by atoms with Gasteiger partial charge in [0.05, 0.1) is 24.5 Å². The summed E-state index contributed by atoms with van der Waals surface area (Å²) in [6, 6.07) is 5.61. The van der Waals surface area contributed by atoms with E-state index in [0.29, 0.717) is 12.1 Å². The van der Waals surface area contributed by atoms with Crippen molar-refractivity contribution in [2.75, 3.05) is 24.6 Å². The molecule has 2 unspecified atom stereocenters. The molecule has 6 heteroatoms. The number of aliphatic hydroxyl groups is 1. The van der Waals surface area contributed by atoms with Crippen molar-refractivity contribution in [1.82, 2.24) is 0 Å². The highest BCUT2D eigenvalue weighted by atomic mass is 79.9. The monoisotopic (exact) mass is 327 g/mol. The molecule has 104 valence electrons. The number of aliphatic hydroxyl groups excluding tert-OH is 1. The third-order valence-electron chi connectivity index (χ3n) is 3.13. The quantitative estimate of drug-likeness (QED) is 0.577. The lowest BCUT2D eigenvalue weighted by atomic mass is 10.1. The van der Waals surface area contributed by atoms with Crippen molar-refractivity contribution in [2.45, 2.75) is 19.1 Å².